The number of aryl methyl sites for hydroxylation is 1. The van der Waals surface area contributed by atoms with Crippen molar-refractivity contribution in [1.29, 1.82) is 0 Å². The van der Waals surface area contributed by atoms with Gasteiger partial charge in [-0.2, -0.15) is 0 Å². The van der Waals surface area contributed by atoms with Crippen LogP contribution in [0.5, 0.6) is 0 Å². The molecule has 0 aliphatic heterocycles. The number of nitrogens with one attached hydrogen (secondary N) is 1. The van der Waals surface area contributed by atoms with Gasteiger partial charge < -0.3 is 5.32 Å². The first-order valence-electron chi connectivity index (χ1n) is 6.74. The summed E-state index contributed by atoms with van der Waals surface area (Å²) in [5.41, 5.74) is 3.92. The van der Waals surface area contributed by atoms with Crippen LogP contribution in [-0.2, 0) is 6.42 Å². The standard InChI is InChI=1S/C17H20ClN/c1-3-19-17(12-14-7-5-4-6-8-14)16-10-9-15(18)11-13(16)2/h4-11,17,19H,3,12H2,1-2H3. The van der Waals surface area contributed by atoms with E-state index in [0.29, 0.717) is 6.04 Å². The Morgan fingerprint density at radius 2 is 1.84 bits per heavy atom. The van der Waals surface area contributed by atoms with Gasteiger partial charge in [0.1, 0.15) is 0 Å². The van der Waals surface area contributed by atoms with Gasteiger partial charge in [0.2, 0.25) is 0 Å². The first-order chi connectivity index (χ1) is 9.20. The molecular weight excluding hydrogens is 254 g/mol. The third-order valence-corrected chi connectivity index (χ3v) is 3.58. The molecule has 0 heterocycles. The Labute approximate surface area is 120 Å². The van der Waals surface area contributed by atoms with E-state index < -0.39 is 0 Å². The SMILES string of the molecule is CCNC(Cc1ccccc1)c1ccc(Cl)cc1C. The third kappa shape index (κ3) is 3.82. The van der Waals surface area contributed by atoms with Gasteiger partial charge in [-0.15, -0.1) is 0 Å². The summed E-state index contributed by atoms with van der Waals surface area (Å²) in [5.74, 6) is 0. The predicted molar refractivity (Wildman–Crippen MR) is 82.8 cm³/mol. The summed E-state index contributed by atoms with van der Waals surface area (Å²) in [4.78, 5) is 0. The Balaban J connectivity index is 2.24. The van der Waals surface area contributed by atoms with Gasteiger partial charge >= 0.3 is 0 Å². The molecule has 1 N–H and O–H groups in total. The third-order valence-electron chi connectivity index (χ3n) is 3.34. The van der Waals surface area contributed by atoms with Crippen LogP contribution in [0.3, 0.4) is 0 Å². The first-order valence-corrected chi connectivity index (χ1v) is 7.12. The maximum absolute atomic E-state index is 6.04. The van der Waals surface area contributed by atoms with E-state index in [1.807, 2.05) is 12.1 Å². The molecule has 2 aromatic rings. The summed E-state index contributed by atoms with van der Waals surface area (Å²) >= 11 is 6.04. The molecule has 0 aliphatic carbocycles. The van der Waals surface area contributed by atoms with Crippen molar-refractivity contribution in [3.05, 3.63) is 70.2 Å². The lowest BCUT2D eigenvalue weighted by atomic mass is 9.95. The first kappa shape index (κ1) is 14.1. The van der Waals surface area contributed by atoms with E-state index in [1.54, 1.807) is 0 Å². The Kier molecular flexibility index (Phi) is 5.00. The number of benzene rings is 2. The van der Waals surface area contributed by atoms with Gasteiger partial charge in [0, 0.05) is 11.1 Å². The monoisotopic (exact) mass is 273 g/mol. The van der Waals surface area contributed by atoms with E-state index in [0.717, 1.165) is 18.0 Å². The minimum absolute atomic E-state index is 0.338. The largest absolute Gasteiger partial charge is 0.310 e. The molecule has 0 spiro atoms. The van der Waals surface area contributed by atoms with Gasteiger partial charge in [0.05, 0.1) is 0 Å². The summed E-state index contributed by atoms with van der Waals surface area (Å²) < 4.78 is 0. The lowest BCUT2D eigenvalue weighted by molar-refractivity contribution is 0.547. The average molecular weight is 274 g/mol. The van der Waals surface area contributed by atoms with Crippen molar-refractivity contribution >= 4 is 11.6 Å². The fraction of sp³-hybridized carbons (Fsp3) is 0.294. The summed E-state index contributed by atoms with van der Waals surface area (Å²) in [6, 6.07) is 17.1. The fourth-order valence-corrected chi connectivity index (χ4v) is 2.65. The van der Waals surface area contributed by atoms with Crippen LogP contribution in [0, 0.1) is 6.92 Å². The molecule has 0 saturated heterocycles. The molecule has 1 atom stereocenters. The zero-order chi connectivity index (χ0) is 13.7. The smallest absolute Gasteiger partial charge is 0.0408 e. The van der Waals surface area contributed by atoms with Crippen LogP contribution in [0.1, 0.15) is 29.7 Å². The molecule has 2 aromatic carbocycles. The highest BCUT2D eigenvalue weighted by Gasteiger charge is 2.13. The van der Waals surface area contributed by atoms with Crippen molar-refractivity contribution < 1.29 is 0 Å². The zero-order valence-corrected chi connectivity index (χ0v) is 12.2. The highest BCUT2D eigenvalue weighted by Crippen LogP contribution is 2.24. The molecule has 0 aliphatic rings. The van der Waals surface area contributed by atoms with Gasteiger partial charge in [0.15, 0.2) is 0 Å². The second-order valence-electron chi connectivity index (χ2n) is 4.80. The Bertz CT molecular complexity index is 522. The Hall–Kier alpha value is -1.31. The van der Waals surface area contributed by atoms with E-state index in [-0.39, 0.29) is 0 Å². The highest BCUT2D eigenvalue weighted by atomic mass is 35.5. The lowest BCUT2D eigenvalue weighted by Crippen LogP contribution is -2.23. The lowest BCUT2D eigenvalue weighted by Gasteiger charge is -2.20. The maximum atomic E-state index is 6.04. The Morgan fingerprint density at radius 3 is 2.47 bits per heavy atom. The topological polar surface area (TPSA) is 12.0 Å². The summed E-state index contributed by atoms with van der Waals surface area (Å²) in [7, 11) is 0. The van der Waals surface area contributed by atoms with Crippen molar-refractivity contribution in [2.75, 3.05) is 6.54 Å². The predicted octanol–water partition coefficient (Wildman–Crippen LogP) is 4.54. The molecule has 1 nitrogen and oxygen atoms in total. The van der Waals surface area contributed by atoms with E-state index in [2.05, 4.69) is 55.6 Å². The number of halogens is 1. The number of hydrogen-bond acceptors (Lipinski definition) is 1. The fourth-order valence-electron chi connectivity index (χ4n) is 2.42. The minimum Gasteiger partial charge on any atom is -0.310 e. The van der Waals surface area contributed by atoms with Crippen LogP contribution < -0.4 is 5.32 Å². The van der Waals surface area contributed by atoms with Crippen molar-refractivity contribution in [2.45, 2.75) is 26.3 Å². The van der Waals surface area contributed by atoms with Crippen LogP contribution in [0.2, 0.25) is 5.02 Å². The minimum atomic E-state index is 0.338. The van der Waals surface area contributed by atoms with Gasteiger partial charge in [-0.25, -0.2) is 0 Å². The van der Waals surface area contributed by atoms with Crippen LogP contribution in [0.15, 0.2) is 48.5 Å². The van der Waals surface area contributed by atoms with Crippen LogP contribution in [0.4, 0.5) is 0 Å². The molecule has 2 heteroatoms. The molecule has 0 bridgehead atoms. The van der Waals surface area contributed by atoms with Gasteiger partial charge in [-0.3, -0.25) is 0 Å². The maximum Gasteiger partial charge on any atom is 0.0408 e. The zero-order valence-electron chi connectivity index (χ0n) is 11.5. The Morgan fingerprint density at radius 1 is 1.11 bits per heavy atom. The summed E-state index contributed by atoms with van der Waals surface area (Å²) in [5, 5.41) is 4.37. The molecule has 19 heavy (non-hydrogen) atoms. The second-order valence-corrected chi connectivity index (χ2v) is 5.24. The van der Waals surface area contributed by atoms with Crippen molar-refractivity contribution in [3.8, 4) is 0 Å². The van der Waals surface area contributed by atoms with Crippen molar-refractivity contribution in [1.82, 2.24) is 5.32 Å². The molecule has 100 valence electrons. The molecule has 0 amide bonds. The molecule has 0 aromatic heterocycles. The van der Waals surface area contributed by atoms with E-state index in [9.17, 15) is 0 Å². The van der Waals surface area contributed by atoms with Gasteiger partial charge in [-0.05, 0) is 48.7 Å². The van der Waals surface area contributed by atoms with Gasteiger partial charge in [-0.1, -0.05) is 54.9 Å². The van der Waals surface area contributed by atoms with Crippen molar-refractivity contribution in [3.63, 3.8) is 0 Å². The molecule has 0 saturated carbocycles. The highest BCUT2D eigenvalue weighted by molar-refractivity contribution is 6.30. The number of hydrogen-bond donors (Lipinski definition) is 1. The summed E-state index contributed by atoms with van der Waals surface area (Å²) in [6.07, 6.45) is 0.997. The molecule has 1 unspecified atom stereocenters. The van der Waals surface area contributed by atoms with Crippen LogP contribution in [0.25, 0.3) is 0 Å². The number of rotatable bonds is 5. The van der Waals surface area contributed by atoms with E-state index in [1.165, 1.54) is 16.7 Å². The van der Waals surface area contributed by atoms with E-state index in [4.69, 9.17) is 11.6 Å². The van der Waals surface area contributed by atoms with Gasteiger partial charge in [0.25, 0.3) is 0 Å². The molecule has 0 radical (unpaired) electrons. The van der Waals surface area contributed by atoms with Crippen molar-refractivity contribution in [2.24, 2.45) is 0 Å². The normalized spacial score (nSPS) is 12.4. The molecule has 2 rings (SSSR count). The summed E-state index contributed by atoms with van der Waals surface area (Å²) in [6.45, 7) is 5.22. The second kappa shape index (κ2) is 6.74. The van der Waals surface area contributed by atoms with Crippen LogP contribution in [-0.4, -0.2) is 6.54 Å². The molecule has 0 fully saturated rings. The quantitative estimate of drug-likeness (QED) is 0.843. The molecular formula is C17H20ClN. The van der Waals surface area contributed by atoms with E-state index >= 15 is 0 Å². The van der Waals surface area contributed by atoms with Crippen LogP contribution >= 0.6 is 11.6 Å². The average Bonchev–Trinajstić information content (AvgIpc) is 2.39. The number of likely N-dealkylation sites (N-methyl/N-ethyl adjacent to an activating group) is 1.